The van der Waals surface area contributed by atoms with Crippen LogP contribution in [0.3, 0.4) is 0 Å². The zero-order chi connectivity index (χ0) is 18.1. The number of anilines is 2. The number of thiophene rings is 1. The molecule has 5 nitrogen and oxygen atoms in total. The van der Waals surface area contributed by atoms with E-state index >= 15 is 0 Å². The predicted octanol–water partition coefficient (Wildman–Crippen LogP) is 4.26. The third kappa shape index (κ3) is 3.87. The van der Waals surface area contributed by atoms with Crippen molar-refractivity contribution >= 4 is 48.9 Å². The zero-order valence-corrected chi connectivity index (χ0v) is 15.9. The number of fused-ring (bicyclic) bond motifs is 1. The molecule has 0 aliphatic carbocycles. The number of halogens is 1. The summed E-state index contributed by atoms with van der Waals surface area (Å²) in [6, 6.07) is 8.04. The minimum Gasteiger partial charge on any atom is -0.357 e. The van der Waals surface area contributed by atoms with Crippen LogP contribution in [0, 0.1) is 5.82 Å². The second-order valence-corrected chi connectivity index (χ2v) is 8.57. The van der Waals surface area contributed by atoms with E-state index in [1.807, 2.05) is 6.07 Å². The van der Waals surface area contributed by atoms with Crippen molar-refractivity contribution in [2.45, 2.75) is 18.9 Å². The van der Waals surface area contributed by atoms with Gasteiger partial charge in [-0.2, -0.15) is 0 Å². The molecule has 4 rings (SSSR count). The van der Waals surface area contributed by atoms with E-state index in [1.165, 1.54) is 29.9 Å². The van der Waals surface area contributed by atoms with Gasteiger partial charge in [-0.05, 0) is 56.8 Å². The Labute approximate surface area is 158 Å². The summed E-state index contributed by atoms with van der Waals surface area (Å²) in [6.45, 7) is 2.18. The lowest BCUT2D eigenvalue weighted by Gasteiger charge is -2.29. The molecule has 1 fully saturated rings. The van der Waals surface area contributed by atoms with Gasteiger partial charge < -0.3 is 15.5 Å². The van der Waals surface area contributed by atoms with Crippen LogP contribution in [-0.4, -0.2) is 42.0 Å². The number of benzene rings is 1. The number of rotatable bonds is 4. The third-order valence-corrected chi connectivity index (χ3v) is 6.46. The van der Waals surface area contributed by atoms with Gasteiger partial charge in [0.2, 0.25) is 0 Å². The molecule has 2 aromatic heterocycles. The number of thiazole rings is 1. The maximum Gasteiger partial charge on any atom is 0.265 e. The molecule has 0 saturated carbocycles. The Morgan fingerprint density at radius 1 is 1.31 bits per heavy atom. The third-order valence-electron chi connectivity index (χ3n) is 4.37. The van der Waals surface area contributed by atoms with Crippen molar-refractivity contribution in [3.63, 3.8) is 0 Å². The van der Waals surface area contributed by atoms with Gasteiger partial charge in [0.25, 0.3) is 5.91 Å². The number of likely N-dealkylation sites (N-methyl/N-ethyl adjacent to an activating group) is 1. The van der Waals surface area contributed by atoms with Crippen LogP contribution >= 0.6 is 22.7 Å². The summed E-state index contributed by atoms with van der Waals surface area (Å²) in [6.07, 6.45) is 2.35. The Bertz CT molecular complexity index is 890. The van der Waals surface area contributed by atoms with Crippen LogP contribution in [0.5, 0.6) is 0 Å². The van der Waals surface area contributed by atoms with E-state index in [9.17, 15) is 9.18 Å². The van der Waals surface area contributed by atoms with Crippen molar-refractivity contribution in [1.29, 1.82) is 0 Å². The molecule has 1 saturated heterocycles. The number of carbonyl (C=O) groups is 1. The summed E-state index contributed by atoms with van der Waals surface area (Å²) in [5, 5.41) is 7.21. The van der Waals surface area contributed by atoms with E-state index in [4.69, 9.17) is 0 Å². The van der Waals surface area contributed by atoms with Crippen molar-refractivity contribution in [3.8, 4) is 0 Å². The smallest absolute Gasteiger partial charge is 0.265 e. The molecular formula is C18H19FN4OS2. The zero-order valence-electron chi connectivity index (χ0n) is 14.3. The van der Waals surface area contributed by atoms with E-state index in [0.717, 1.165) is 34.2 Å². The van der Waals surface area contributed by atoms with E-state index in [1.54, 1.807) is 23.5 Å². The molecule has 0 spiro atoms. The molecule has 3 heterocycles. The van der Waals surface area contributed by atoms with Crippen LogP contribution in [0.1, 0.15) is 22.5 Å². The molecule has 1 aromatic carbocycles. The average molecular weight is 391 g/mol. The largest absolute Gasteiger partial charge is 0.357 e. The average Bonchev–Trinajstić information content (AvgIpc) is 3.15. The fraction of sp³-hybridized carbons (Fsp3) is 0.333. The Hall–Kier alpha value is -2.03. The van der Waals surface area contributed by atoms with Crippen LogP contribution in [0.25, 0.3) is 9.53 Å². The quantitative estimate of drug-likeness (QED) is 0.699. The number of amides is 1. The first-order chi connectivity index (χ1) is 12.6. The van der Waals surface area contributed by atoms with Crippen molar-refractivity contribution < 1.29 is 9.18 Å². The minimum absolute atomic E-state index is 0.199. The van der Waals surface area contributed by atoms with Gasteiger partial charge in [0.1, 0.15) is 10.6 Å². The van der Waals surface area contributed by atoms with Crippen LogP contribution < -0.4 is 10.6 Å². The van der Waals surface area contributed by atoms with E-state index in [-0.39, 0.29) is 11.7 Å². The molecular weight excluding hydrogens is 371 g/mol. The van der Waals surface area contributed by atoms with Gasteiger partial charge >= 0.3 is 0 Å². The molecule has 1 aliphatic heterocycles. The Balaban J connectivity index is 1.44. The van der Waals surface area contributed by atoms with Crippen LogP contribution in [0.15, 0.2) is 30.3 Å². The van der Waals surface area contributed by atoms with Gasteiger partial charge in [-0.25, -0.2) is 9.37 Å². The molecule has 3 aromatic rings. The van der Waals surface area contributed by atoms with E-state index in [2.05, 4.69) is 27.6 Å². The fourth-order valence-corrected chi connectivity index (χ4v) is 5.18. The first-order valence-electron chi connectivity index (χ1n) is 8.49. The highest BCUT2D eigenvalue weighted by Crippen LogP contribution is 2.34. The molecule has 8 heteroatoms. The number of hydrogen-bond acceptors (Lipinski definition) is 6. The Kier molecular flexibility index (Phi) is 4.88. The van der Waals surface area contributed by atoms with Gasteiger partial charge in [-0.1, -0.05) is 11.3 Å². The summed E-state index contributed by atoms with van der Waals surface area (Å²) in [4.78, 5) is 20.8. The minimum atomic E-state index is -0.326. The number of nitrogens with zero attached hydrogens (tertiary/aromatic N) is 2. The number of carbonyl (C=O) groups excluding carboxylic acids is 1. The number of piperidine rings is 1. The Morgan fingerprint density at radius 3 is 2.85 bits per heavy atom. The maximum atomic E-state index is 12.9. The van der Waals surface area contributed by atoms with Gasteiger partial charge in [0, 0.05) is 18.3 Å². The summed E-state index contributed by atoms with van der Waals surface area (Å²) >= 11 is 2.95. The van der Waals surface area contributed by atoms with E-state index < -0.39 is 0 Å². The second kappa shape index (κ2) is 7.30. The highest BCUT2D eigenvalue weighted by molar-refractivity contribution is 7.29. The van der Waals surface area contributed by atoms with Crippen molar-refractivity contribution in [3.05, 3.63) is 41.0 Å². The van der Waals surface area contributed by atoms with E-state index in [0.29, 0.717) is 16.6 Å². The highest BCUT2D eigenvalue weighted by Gasteiger charge is 2.19. The fourth-order valence-electron chi connectivity index (χ4n) is 3.09. The first-order valence-corrected chi connectivity index (χ1v) is 10.1. The normalized spacial score (nSPS) is 18.2. The van der Waals surface area contributed by atoms with Crippen LogP contribution in [0.2, 0.25) is 0 Å². The molecule has 1 amide bonds. The monoisotopic (exact) mass is 390 g/mol. The lowest BCUT2D eigenvalue weighted by Crippen LogP contribution is -2.39. The molecule has 136 valence electrons. The molecule has 1 unspecified atom stereocenters. The molecule has 26 heavy (non-hydrogen) atoms. The SMILES string of the molecule is CN1CCCC(Nc2nc3sc(C(=O)Nc4ccc(F)cc4)cc3s2)C1. The van der Waals surface area contributed by atoms with Crippen molar-refractivity contribution in [2.75, 3.05) is 30.8 Å². The lowest BCUT2D eigenvalue weighted by molar-refractivity contribution is 0.103. The molecule has 2 N–H and O–H groups in total. The van der Waals surface area contributed by atoms with Crippen LogP contribution in [0.4, 0.5) is 15.2 Å². The lowest BCUT2D eigenvalue weighted by atomic mass is 10.1. The number of likely N-dealkylation sites (tertiary alicyclic amines) is 1. The highest BCUT2D eigenvalue weighted by atomic mass is 32.1. The summed E-state index contributed by atoms with van der Waals surface area (Å²) in [5.74, 6) is -0.525. The van der Waals surface area contributed by atoms with Gasteiger partial charge in [-0.3, -0.25) is 4.79 Å². The van der Waals surface area contributed by atoms with Crippen molar-refractivity contribution in [1.82, 2.24) is 9.88 Å². The summed E-state index contributed by atoms with van der Waals surface area (Å²) in [5.41, 5.74) is 0.574. The Morgan fingerprint density at radius 2 is 2.12 bits per heavy atom. The summed E-state index contributed by atoms with van der Waals surface area (Å²) < 4.78 is 14.0. The van der Waals surface area contributed by atoms with Gasteiger partial charge in [0.05, 0.1) is 9.58 Å². The summed E-state index contributed by atoms with van der Waals surface area (Å²) in [7, 11) is 2.14. The second-order valence-electron chi connectivity index (χ2n) is 6.51. The molecule has 0 radical (unpaired) electrons. The number of aromatic nitrogens is 1. The van der Waals surface area contributed by atoms with Crippen LogP contribution in [-0.2, 0) is 0 Å². The molecule has 1 aliphatic rings. The number of nitrogens with one attached hydrogen (secondary N) is 2. The van der Waals surface area contributed by atoms with Gasteiger partial charge in [0.15, 0.2) is 5.13 Å². The maximum absolute atomic E-state index is 12.9. The first kappa shape index (κ1) is 17.4. The predicted molar refractivity (Wildman–Crippen MR) is 106 cm³/mol. The van der Waals surface area contributed by atoms with Crippen molar-refractivity contribution in [2.24, 2.45) is 0 Å². The molecule has 0 bridgehead atoms. The number of hydrogen-bond donors (Lipinski definition) is 2. The topological polar surface area (TPSA) is 57.3 Å². The molecule has 1 atom stereocenters. The standard InChI is InChI=1S/C18H19FN4OS2/c1-23-8-2-3-13(10-23)21-18-22-17-15(26-18)9-14(25-17)16(24)20-12-6-4-11(19)5-7-12/h4-7,9,13H,2-3,8,10H2,1H3,(H,20,24)(H,21,22). The van der Waals surface area contributed by atoms with Gasteiger partial charge in [-0.15, -0.1) is 11.3 Å².